The zero-order valence-electron chi connectivity index (χ0n) is 11.7. The molecule has 1 heterocycles. The number of carbonyl (C=O) groups is 1. The second kappa shape index (κ2) is 6.10. The topological polar surface area (TPSA) is 30.0 Å². The van der Waals surface area contributed by atoms with E-state index in [1.807, 2.05) is 49.4 Å². The molecule has 0 saturated carbocycles. The normalized spacial score (nSPS) is 10.7. The third-order valence-corrected chi connectivity index (χ3v) is 4.36. The summed E-state index contributed by atoms with van der Waals surface area (Å²) in [5.74, 6) is 0.867. The SMILES string of the molecule is Cc1cc(CSc2cccc(C=O)c2)c2ccccc2n1. The van der Waals surface area contributed by atoms with Crippen molar-refractivity contribution in [1.82, 2.24) is 4.98 Å². The monoisotopic (exact) mass is 293 g/mol. The molecule has 0 N–H and O–H groups in total. The number of hydrogen-bond donors (Lipinski definition) is 0. The maximum atomic E-state index is 10.8. The average molecular weight is 293 g/mol. The second-order valence-corrected chi connectivity index (χ2v) is 5.97. The van der Waals surface area contributed by atoms with E-state index in [9.17, 15) is 4.79 Å². The van der Waals surface area contributed by atoms with Crippen LogP contribution in [0.1, 0.15) is 21.6 Å². The fourth-order valence-electron chi connectivity index (χ4n) is 2.35. The van der Waals surface area contributed by atoms with E-state index in [0.29, 0.717) is 0 Å². The third-order valence-electron chi connectivity index (χ3n) is 3.32. The zero-order valence-corrected chi connectivity index (χ0v) is 12.6. The van der Waals surface area contributed by atoms with Crippen molar-refractivity contribution >= 4 is 29.0 Å². The number of hydrogen-bond acceptors (Lipinski definition) is 3. The maximum absolute atomic E-state index is 10.8. The Morgan fingerprint density at radius 2 is 1.95 bits per heavy atom. The van der Waals surface area contributed by atoms with E-state index in [2.05, 4.69) is 17.1 Å². The van der Waals surface area contributed by atoms with Crippen LogP contribution in [-0.2, 0) is 5.75 Å². The van der Waals surface area contributed by atoms with Gasteiger partial charge in [-0.05, 0) is 36.8 Å². The minimum Gasteiger partial charge on any atom is -0.298 e. The Morgan fingerprint density at radius 1 is 1.10 bits per heavy atom. The van der Waals surface area contributed by atoms with E-state index in [1.165, 1.54) is 10.9 Å². The van der Waals surface area contributed by atoms with Gasteiger partial charge < -0.3 is 0 Å². The lowest BCUT2D eigenvalue weighted by atomic mass is 10.1. The van der Waals surface area contributed by atoms with Crippen LogP contribution in [0.5, 0.6) is 0 Å². The number of aldehydes is 1. The Hall–Kier alpha value is -2.13. The summed E-state index contributed by atoms with van der Waals surface area (Å²) in [7, 11) is 0. The zero-order chi connectivity index (χ0) is 14.7. The summed E-state index contributed by atoms with van der Waals surface area (Å²) in [6.07, 6.45) is 0.885. The van der Waals surface area contributed by atoms with Crippen LogP contribution in [-0.4, -0.2) is 11.3 Å². The van der Waals surface area contributed by atoms with Crippen LogP contribution in [0.2, 0.25) is 0 Å². The van der Waals surface area contributed by atoms with Gasteiger partial charge in [0.15, 0.2) is 0 Å². The van der Waals surface area contributed by atoms with Gasteiger partial charge in [-0.15, -0.1) is 11.8 Å². The van der Waals surface area contributed by atoms with Crippen LogP contribution in [0.3, 0.4) is 0 Å². The van der Waals surface area contributed by atoms with Crippen LogP contribution in [0.25, 0.3) is 10.9 Å². The number of fused-ring (bicyclic) bond motifs is 1. The van der Waals surface area contributed by atoms with Crippen molar-refractivity contribution in [3.63, 3.8) is 0 Å². The molecule has 0 spiro atoms. The first-order chi connectivity index (χ1) is 10.3. The molecule has 21 heavy (non-hydrogen) atoms. The summed E-state index contributed by atoms with van der Waals surface area (Å²) in [6.45, 7) is 2.02. The number of thioether (sulfide) groups is 1. The molecule has 3 aromatic rings. The van der Waals surface area contributed by atoms with Gasteiger partial charge in [0.05, 0.1) is 5.52 Å². The number of aromatic nitrogens is 1. The van der Waals surface area contributed by atoms with Crippen molar-refractivity contribution in [2.75, 3.05) is 0 Å². The number of nitrogens with zero attached hydrogens (tertiary/aromatic N) is 1. The molecule has 1 aromatic heterocycles. The summed E-state index contributed by atoms with van der Waals surface area (Å²) in [6, 6.07) is 18.1. The molecule has 0 bridgehead atoms. The number of benzene rings is 2. The Labute approximate surface area is 128 Å². The van der Waals surface area contributed by atoms with Crippen LogP contribution in [0.15, 0.2) is 59.5 Å². The molecule has 0 aliphatic rings. The summed E-state index contributed by atoms with van der Waals surface area (Å²) in [4.78, 5) is 16.5. The average Bonchev–Trinajstić information content (AvgIpc) is 2.52. The highest BCUT2D eigenvalue weighted by Crippen LogP contribution is 2.27. The number of carbonyl (C=O) groups excluding carboxylic acids is 1. The smallest absolute Gasteiger partial charge is 0.150 e. The Bertz CT molecular complexity index is 798. The minimum atomic E-state index is 0.718. The summed E-state index contributed by atoms with van der Waals surface area (Å²) in [5.41, 5.74) is 4.07. The number of pyridine rings is 1. The maximum Gasteiger partial charge on any atom is 0.150 e. The predicted molar refractivity (Wildman–Crippen MR) is 87.9 cm³/mol. The number of para-hydroxylation sites is 1. The molecule has 2 aromatic carbocycles. The third kappa shape index (κ3) is 3.14. The predicted octanol–water partition coefficient (Wildman–Crippen LogP) is 4.65. The molecule has 0 fully saturated rings. The Balaban J connectivity index is 1.89. The van der Waals surface area contributed by atoms with Gasteiger partial charge in [-0.1, -0.05) is 30.3 Å². The van der Waals surface area contributed by atoms with Crippen molar-refractivity contribution in [3.05, 3.63) is 71.4 Å². The van der Waals surface area contributed by atoms with E-state index >= 15 is 0 Å². The Kier molecular flexibility index (Phi) is 4.02. The molecular weight excluding hydrogens is 278 g/mol. The van der Waals surface area contributed by atoms with Gasteiger partial charge in [-0.3, -0.25) is 9.78 Å². The van der Waals surface area contributed by atoms with Crippen molar-refractivity contribution in [3.8, 4) is 0 Å². The molecule has 0 amide bonds. The first kappa shape index (κ1) is 13.8. The molecule has 0 radical (unpaired) electrons. The molecule has 0 aliphatic heterocycles. The van der Waals surface area contributed by atoms with Gasteiger partial charge in [-0.25, -0.2) is 0 Å². The number of rotatable bonds is 4. The van der Waals surface area contributed by atoms with E-state index in [1.54, 1.807) is 11.8 Å². The van der Waals surface area contributed by atoms with Gasteiger partial charge in [0.25, 0.3) is 0 Å². The van der Waals surface area contributed by atoms with Crippen LogP contribution in [0, 0.1) is 6.92 Å². The fourth-order valence-corrected chi connectivity index (χ4v) is 3.31. The van der Waals surface area contributed by atoms with Gasteiger partial charge in [-0.2, -0.15) is 0 Å². The highest BCUT2D eigenvalue weighted by Gasteiger charge is 2.05. The lowest BCUT2D eigenvalue weighted by Crippen LogP contribution is -1.90. The van der Waals surface area contributed by atoms with E-state index in [4.69, 9.17) is 0 Å². The Morgan fingerprint density at radius 3 is 2.81 bits per heavy atom. The largest absolute Gasteiger partial charge is 0.298 e. The lowest BCUT2D eigenvalue weighted by Gasteiger charge is -2.08. The first-order valence-corrected chi connectivity index (χ1v) is 7.78. The standard InChI is InChI=1S/C18H15NOS/c1-13-9-15(17-7-2-3-8-18(17)19-13)12-21-16-6-4-5-14(10-16)11-20/h2-11H,12H2,1H3. The highest BCUT2D eigenvalue weighted by atomic mass is 32.2. The number of aryl methyl sites for hydroxylation is 1. The van der Waals surface area contributed by atoms with Crippen LogP contribution >= 0.6 is 11.8 Å². The minimum absolute atomic E-state index is 0.718. The summed E-state index contributed by atoms with van der Waals surface area (Å²) < 4.78 is 0. The van der Waals surface area contributed by atoms with Gasteiger partial charge in [0.2, 0.25) is 0 Å². The van der Waals surface area contributed by atoms with Gasteiger partial charge in [0.1, 0.15) is 6.29 Å². The first-order valence-electron chi connectivity index (χ1n) is 6.79. The van der Waals surface area contributed by atoms with Crippen molar-refractivity contribution < 1.29 is 4.79 Å². The molecule has 3 heteroatoms. The molecular formula is C18H15NOS. The van der Waals surface area contributed by atoms with Crippen molar-refractivity contribution in [2.45, 2.75) is 17.6 Å². The van der Waals surface area contributed by atoms with E-state index < -0.39 is 0 Å². The molecule has 3 rings (SSSR count). The van der Waals surface area contributed by atoms with Gasteiger partial charge >= 0.3 is 0 Å². The molecule has 104 valence electrons. The molecule has 0 unspecified atom stereocenters. The summed E-state index contributed by atoms with van der Waals surface area (Å²) >= 11 is 1.74. The van der Waals surface area contributed by atoms with Crippen LogP contribution < -0.4 is 0 Å². The van der Waals surface area contributed by atoms with E-state index in [-0.39, 0.29) is 0 Å². The molecule has 2 nitrogen and oxygen atoms in total. The van der Waals surface area contributed by atoms with Crippen LogP contribution in [0.4, 0.5) is 0 Å². The quantitative estimate of drug-likeness (QED) is 0.518. The van der Waals surface area contributed by atoms with Crippen molar-refractivity contribution in [2.24, 2.45) is 0 Å². The second-order valence-electron chi connectivity index (χ2n) is 4.92. The van der Waals surface area contributed by atoms with E-state index in [0.717, 1.165) is 33.7 Å². The lowest BCUT2D eigenvalue weighted by molar-refractivity contribution is 0.112. The highest BCUT2D eigenvalue weighted by molar-refractivity contribution is 7.98. The van der Waals surface area contributed by atoms with Crippen molar-refractivity contribution in [1.29, 1.82) is 0 Å². The summed E-state index contributed by atoms with van der Waals surface area (Å²) in [5, 5.41) is 1.20. The molecule has 0 atom stereocenters. The van der Waals surface area contributed by atoms with Gasteiger partial charge in [0, 0.05) is 27.3 Å². The molecule has 0 saturated heterocycles. The fraction of sp³-hybridized carbons (Fsp3) is 0.111. The molecule has 0 aliphatic carbocycles.